The molecule has 1 aromatic carbocycles. The van der Waals surface area contributed by atoms with Crippen LogP contribution in [0.1, 0.15) is 30.1 Å². The largest absolute Gasteiger partial charge is 0.478 e. The number of amides is 2. The molecule has 0 radical (unpaired) electrons. The molecular formula is C15H18N2O4S. The zero-order valence-corrected chi connectivity index (χ0v) is 13.1. The Morgan fingerprint density at radius 1 is 1.41 bits per heavy atom. The number of carboxylic acids is 1. The summed E-state index contributed by atoms with van der Waals surface area (Å²) in [7, 11) is 0. The number of aromatic carboxylic acids is 1. The maximum Gasteiger partial charge on any atom is 0.335 e. The first kappa shape index (κ1) is 16.4. The van der Waals surface area contributed by atoms with Crippen molar-refractivity contribution in [3.05, 3.63) is 29.8 Å². The van der Waals surface area contributed by atoms with Crippen molar-refractivity contribution in [1.82, 2.24) is 4.90 Å². The number of anilines is 1. The molecule has 2 amide bonds. The molecule has 0 spiro atoms. The lowest BCUT2D eigenvalue weighted by Crippen LogP contribution is -2.44. The minimum Gasteiger partial charge on any atom is -0.478 e. The summed E-state index contributed by atoms with van der Waals surface area (Å²) >= 11 is 1.54. The second-order valence-electron chi connectivity index (χ2n) is 5.00. The Morgan fingerprint density at radius 2 is 2.18 bits per heavy atom. The molecule has 118 valence electrons. The van der Waals surface area contributed by atoms with Crippen molar-refractivity contribution in [2.75, 3.05) is 16.9 Å². The molecule has 2 N–H and O–H groups in total. The molecular weight excluding hydrogens is 304 g/mol. The molecule has 1 unspecified atom stereocenters. The van der Waals surface area contributed by atoms with Gasteiger partial charge >= 0.3 is 5.97 Å². The monoisotopic (exact) mass is 322 g/mol. The Labute approximate surface area is 132 Å². The van der Waals surface area contributed by atoms with Gasteiger partial charge in [-0.2, -0.15) is 0 Å². The highest BCUT2D eigenvalue weighted by atomic mass is 32.2. The predicted octanol–water partition coefficient (Wildman–Crippen LogP) is 2.02. The standard InChI is InChI=1S/C15H18N2O4S/c1-2-4-13(18)17-9-22-8-12(17)14(19)16-11-6-3-5-10(7-11)15(20)21/h3,5-7,12H,2,4,8-9H2,1H3,(H,16,19)(H,20,21). The number of benzene rings is 1. The molecule has 2 rings (SSSR count). The highest BCUT2D eigenvalue weighted by Gasteiger charge is 2.34. The van der Waals surface area contributed by atoms with Crippen LogP contribution in [0.15, 0.2) is 24.3 Å². The number of hydrogen-bond acceptors (Lipinski definition) is 4. The van der Waals surface area contributed by atoms with Gasteiger partial charge in [0.05, 0.1) is 11.4 Å². The normalized spacial score (nSPS) is 17.3. The molecule has 6 nitrogen and oxygen atoms in total. The number of rotatable bonds is 5. The predicted molar refractivity (Wildman–Crippen MR) is 84.9 cm³/mol. The fourth-order valence-corrected chi connectivity index (χ4v) is 3.40. The first-order chi connectivity index (χ1) is 10.5. The lowest BCUT2D eigenvalue weighted by atomic mass is 10.2. The van der Waals surface area contributed by atoms with Gasteiger partial charge in [-0.25, -0.2) is 4.79 Å². The summed E-state index contributed by atoms with van der Waals surface area (Å²) < 4.78 is 0. The molecule has 0 aromatic heterocycles. The fourth-order valence-electron chi connectivity index (χ4n) is 2.22. The SMILES string of the molecule is CCCC(=O)N1CSCC1C(=O)Nc1cccc(C(=O)O)c1. The Balaban J connectivity index is 2.06. The van der Waals surface area contributed by atoms with Gasteiger partial charge in [-0.15, -0.1) is 11.8 Å². The summed E-state index contributed by atoms with van der Waals surface area (Å²) in [5, 5.41) is 11.7. The minimum absolute atomic E-state index is 0.0214. The number of hydrogen-bond donors (Lipinski definition) is 2. The molecule has 1 fully saturated rings. The van der Waals surface area contributed by atoms with E-state index < -0.39 is 12.0 Å². The Kier molecular flexibility index (Phi) is 5.43. The number of nitrogens with one attached hydrogen (secondary N) is 1. The van der Waals surface area contributed by atoms with Crippen LogP contribution in [0.2, 0.25) is 0 Å². The summed E-state index contributed by atoms with van der Waals surface area (Å²) in [6.45, 7) is 1.92. The van der Waals surface area contributed by atoms with E-state index in [0.29, 0.717) is 23.7 Å². The van der Waals surface area contributed by atoms with Crippen LogP contribution in [0, 0.1) is 0 Å². The van der Waals surface area contributed by atoms with Gasteiger partial charge < -0.3 is 15.3 Å². The van der Waals surface area contributed by atoms with Gasteiger partial charge in [0.15, 0.2) is 0 Å². The summed E-state index contributed by atoms with van der Waals surface area (Å²) in [6.07, 6.45) is 1.17. The van der Waals surface area contributed by atoms with E-state index in [1.165, 1.54) is 12.1 Å². The number of carbonyl (C=O) groups is 3. The van der Waals surface area contributed by atoms with Crippen molar-refractivity contribution in [2.24, 2.45) is 0 Å². The van der Waals surface area contributed by atoms with Gasteiger partial charge in [-0.05, 0) is 24.6 Å². The summed E-state index contributed by atoms with van der Waals surface area (Å²) in [5.74, 6) is -0.275. The minimum atomic E-state index is -1.05. The molecule has 22 heavy (non-hydrogen) atoms. The van der Waals surface area contributed by atoms with E-state index in [4.69, 9.17) is 5.11 Å². The summed E-state index contributed by atoms with van der Waals surface area (Å²) in [6, 6.07) is 5.56. The van der Waals surface area contributed by atoms with Crippen molar-refractivity contribution < 1.29 is 19.5 Å². The molecule has 0 aliphatic carbocycles. The Bertz CT molecular complexity index is 591. The van der Waals surface area contributed by atoms with Crippen LogP contribution in [0.25, 0.3) is 0 Å². The van der Waals surface area contributed by atoms with Gasteiger partial charge in [0.1, 0.15) is 6.04 Å². The molecule has 1 aliphatic rings. The third kappa shape index (κ3) is 3.79. The smallest absolute Gasteiger partial charge is 0.335 e. The van der Waals surface area contributed by atoms with Crippen molar-refractivity contribution >= 4 is 35.2 Å². The van der Waals surface area contributed by atoms with Crippen LogP contribution in [-0.2, 0) is 9.59 Å². The van der Waals surface area contributed by atoms with Crippen molar-refractivity contribution in [1.29, 1.82) is 0 Å². The lowest BCUT2D eigenvalue weighted by molar-refractivity contribution is -0.136. The summed E-state index contributed by atoms with van der Waals surface area (Å²) in [5.41, 5.74) is 0.530. The molecule has 1 heterocycles. The van der Waals surface area contributed by atoms with E-state index in [2.05, 4.69) is 5.32 Å². The number of carbonyl (C=O) groups excluding carboxylic acids is 2. The quantitative estimate of drug-likeness (QED) is 0.866. The van der Waals surface area contributed by atoms with E-state index in [1.807, 2.05) is 6.92 Å². The number of nitrogens with zero attached hydrogens (tertiary/aromatic N) is 1. The maximum absolute atomic E-state index is 12.3. The number of thioether (sulfide) groups is 1. The molecule has 1 atom stereocenters. The van der Waals surface area contributed by atoms with Gasteiger partial charge in [0, 0.05) is 17.9 Å². The van der Waals surface area contributed by atoms with E-state index >= 15 is 0 Å². The second-order valence-corrected chi connectivity index (χ2v) is 6.00. The number of carboxylic acid groups (broad SMARTS) is 1. The van der Waals surface area contributed by atoms with Crippen LogP contribution < -0.4 is 5.32 Å². The summed E-state index contributed by atoms with van der Waals surface area (Å²) in [4.78, 5) is 36.9. The molecule has 1 aliphatic heterocycles. The van der Waals surface area contributed by atoms with Crippen molar-refractivity contribution in [3.8, 4) is 0 Å². The van der Waals surface area contributed by atoms with Crippen molar-refractivity contribution in [2.45, 2.75) is 25.8 Å². The van der Waals surface area contributed by atoms with Crippen LogP contribution in [-0.4, -0.2) is 45.5 Å². The van der Waals surface area contributed by atoms with Crippen LogP contribution in [0.4, 0.5) is 5.69 Å². The third-order valence-corrected chi connectivity index (χ3v) is 4.36. The van der Waals surface area contributed by atoms with Crippen LogP contribution in [0.3, 0.4) is 0 Å². The van der Waals surface area contributed by atoms with Crippen LogP contribution in [0.5, 0.6) is 0 Å². The van der Waals surface area contributed by atoms with Crippen molar-refractivity contribution in [3.63, 3.8) is 0 Å². The zero-order chi connectivity index (χ0) is 16.1. The molecule has 0 saturated carbocycles. The van der Waals surface area contributed by atoms with E-state index in [9.17, 15) is 14.4 Å². The third-order valence-electron chi connectivity index (χ3n) is 3.35. The fraction of sp³-hybridized carbons (Fsp3) is 0.400. The van der Waals surface area contributed by atoms with Crippen LogP contribution >= 0.6 is 11.8 Å². The first-order valence-electron chi connectivity index (χ1n) is 7.04. The maximum atomic E-state index is 12.3. The van der Waals surface area contributed by atoms with Gasteiger partial charge in [-0.3, -0.25) is 9.59 Å². The molecule has 1 saturated heterocycles. The Morgan fingerprint density at radius 3 is 2.86 bits per heavy atom. The lowest BCUT2D eigenvalue weighted by Gasteiger charge is -2.23. The van der Waals surface area contributed by atoms with Gasteiger partial charge in [0.25, 0.3) is 0 Å². The molecule has 0 bridgehead atoms. The van der Waals surface area contributed by atoms with E-state index in [1.54, 1.807) is 28.8 Å². The first-order valence-corrected chi connectivity index (χ1v) is 8.20. The topological polar surface area (TPSA) is 86.7 Å². The molecule has 1 aromatic rings. The van der Waals surface area contributed by atoms with E-state index in [-0.39, 0.29) is 17.4 Å². The zero-order valence-electron chi connectivity index (χ0n) is 12.2. The highest BCUT2D eigenvalue weighted by Crippen LogP contribution is 2.23. The average Bonchev–Trinajstić information content (AvgIpc) is 2.97. The van der Waals surface area contributed by atoms with Gasteiger partial charge in [0.2, 0.25) is 11.8 Å². The second kappa shape index (κ2) is 7.31. The highest BCUT2D eigenvalue weighted by molar-refractivity contribution is 7.99. The average molecular weight is 322 g/mol. The van der Waals surface area contributed by atoms with E-state index in [0.717, 1.165) is 6.42 Å². The van der Waals surface area contributed by atoms with Gasteiger partial charge in [-0.1, -0.05) is 13.0 Å². The Hall–Kier alpha value is -2.02. The molecule has 7 heteroatoms.